The summed E-state index contributed by atoms with van der Waals surface area (Å²) in [7, 11) is 1.63. The molecular formula is C21H28N4O3. The number of nitrogens with zero attached hydrogens (tertiary/aromatic N) is 3. The first-order valence-corrected chi connectivity index (χ1v) is 9.71. The standard InChI is InChI=1S/C21H28N4O3/c1-15-5-4-11-25(14-15)21(26)19-13-20(24-16(2)23-19)22-10-12-28-18-8-6-17(27-3)7-9-18/h6-9,13,15H,4-5,10-12,14H2,1-3H3,(H,22,23,24). The molecule has 1 fully saturated rings. The Morgan fingerprint density at radius 3 is 2.71 bits per heavy atom. The molecule has 1 aliphatic rings. The molecule has 2 heterocycles. The number of likely N-dealkylation sites (tertiary alicyclic amines) is 1. The number of methoxy groups -OCH3 is 1. The van der Waals surface area contributed by atoms with E-state index in [0.717, 1.165) is 31.0 Å². The molecule has 0 radical (unpaired) electrons. The first-order chi connectivity index (χ1) is 13.5. The molecule has 2 aromatic rings. The molecule has 0 spiro atoms. The van der Waals surface area contributed by atoms with E-state index < -0.39 is 0 Å². The van der Waals surface area contributed by atoms with Crippen molar-refractivity contribution in [3.05, 3.63) is 41.9 Å². The van der Waals surface area contributed by atoms with Gasteiger partial charge in [0.05, 0.1) is 13.7 Å². The van der Waals surface area contributed by atoms with Gasteiger partial charge >= 0.3 is 0 Å². The van der Waals surface area contributed by atoms with Crippen LogP contribution in [0.1, 0.15) is 36.1 Å². The smallest absolute Gasteiger partial charge is 0.272 e. The maximum Gasteiger partial charge on any atom is 0.272 e. The Morgan fingerprint density at radius 2 is 2.00 bits per heavy atom. The van der Waals surface area contributed by atoms with Gasteiger partial charge < -0.3 is 19.7 Å². The van der Waals surface area contributed by atoms with Crippen molar-refractivity contribution in [2.24, 2.45) is 5.92 Å². The molecular weight excluding hydrogens is 356 g/mol. The van der Waals surface area contributed by atoms with Crippen molar-refractivity contribution in [1.82, 2.24) is 14.9 Å². The second-order valence-corrected chi connectivity index (χ2v) is 7.13. The lowest BCUT2D eigenvalue weighted by Gasteiger charge is -2.30. The minimum atomic E-state index is -0.0189. The molecule has 1 aliphatic heterocycles. The molecule has 1 atom stereocenters. The van der Waals surface area contributed by atoms with Crippen molar-refractivity contribution in [1.29, 1.82) is 0 Å². The van der Waals surface area contributed by atoms with E-state index >= 15 is 0 Å². The van der Waals surface area contributed by atoms with Crippen LogP contribution < -0.4 is 14.8 Å². The van der Waals surface area contributed by atoms with Crippen LogP contribution >= 0.6 is 0 Å². The summed E-state index contributed by atoms with van der Waals surface area (Å²) < 4.78 is 10.8. The summed E-state index contributed by atoms with van der Waals surface area (Å²) in [6.07, 6.45) is 2.22. The third-order valence-electron chi connectivity index (χ3n) is 4.74. The molecule has 0 saturated carbocycles. The quantitative estimate of drug-likeness (QED) is 0.739. The van der Waals surface area contributed by atoms with Crippen LogP contribution in [0.2, 0.25) is 0 Å². The van der Waals surface area contributed by atoms with Gasteiger partial charge in [-0.05, 0) is 49.9 Å². The molecule has 0 aliphatic carbocycles. The molecule has 1 unspecified atom stereocenters. The molecule has 3 rings (SSSR count). The topological polar surface area (TPSA) is 76.6 Å². The van der Waals surface area contributed by atoms with Gasteiger partial charge in [-0.3, -0.25) is 4.79 Å². The summed E-state index contributed by atoms with van der Waals surface area (Å²) in [4.78, 5) is 23.4. The minimum Gasteiger partial charge on any atom is -0.497 e. The van der Waals surface area contributed by atoms with Crippen molar-refractivity contribution in [2.45, 2.75) is 26.7 Å². The van der Waals surface area contributed by atoms with Gasteiger partial charge in [0.1, 0.15) is 35.4 Å². The number of nitrogens with one attached hydrogen (secondary N) is 1. The summed E-state index contributed by atoms with van der Waals surface area (Å²) in [5.74, 6) is 3.30. The van der Waals surface area contributed by atoms with E-state index in [-0.39, 0.29) is 5.91 Å². The van der Waals surface area contributed by atoms with Crippen LogP contribution in [0.15, 0.2) is 30.3 Å². The summed E-state index contributed by atoms with van der Waals surface area (Å²) in [6.45, 7) is 6.61. The molecule has 7 heteroatoms. The van der Waals surface area contributed by atoms with Gasteiger partial charge in [0.15, 0.2) is 0 Å². The zero-order valence-corrected chi connectivity index (χ0v) is 16.8. The maximum absolute atomic E-state index is 12.8. The van der Waals surface area contributed by atoms with E-state index in [9.17, 15) is 4.79 Å². The van der Waals surface area contributed by atoms with Crippen LogP contribution in [0.3, 0.4) is 0 Å². The number of aromatic nitrogens is 2. The number of amides is 1. The highest BCUT2D eigenvalue weighted by atomic mass is 16.5. The number of anilines is 1. The Kier molecular flexibility index (Phi) is 6.68. The Labute approximate surface area is 166 Å². The van der Waals surface area contributed by atoms with Gasteiger partial charge in [-0.2, -0.15) is 0 Å². The molecule has 1 N–H and O–H groups in total. The SMILES string of the molecule is COc1ccc(OCCNc2cc(C(=O)N3CCCC(C)C3)nc(C)n2)cc1. The third-order valence-corrected chi connectivity index (χ3v) is 4.74. The Bertz CT molecular complexity index is 795. The largest absolute Gasteiger partial charge is 0.497 e. The van der Waals surface area contributed by atoms with Gasteiger partial charge in [-0.1, -0.05) is 6.92 Å². The van der Waals surface area contributed by atoms with Gasteiger partial charge in [-0.25, -0.2) is 9.97 Å². The normalized spacial score (nSPS) is 16.5. The highest BCUT2D eigenvalue weighted by Gasteiger charge is 2.23. The number of ether oxygens (including phenoxy) is 2. The molecule has 150 valence electrons. The molecule has 28 heavy (non-hydrogen) atoms. The summed E-state index contributed by atoms with van der Waals surface area (Å²) >= 11 is 0. The lowest BCUT2D eigenvalue weighted by molar-refractivity contribution is 0.0676. The highest BCUT2D eigenvalue weighted by molar-refractivity contribution is 5.93. The molecule has 1 aromatic heterocycles. The fourth-order valence-electron chi connectivity index (χ4n) is 3.32. The van der Waals surface area contributed by atoms with Gasteiger partial charge in [0.2, 0.25) is 0 Å². The summed E-state index contributed by atoms with van der Waals surface area (Å²) in [6, 6.07) is 9.17. The zero-order valence-electron chi connectivity index (χ0n) is 16.8. The Morgan fingerprint density at radius 1 is 1.25 bits per heavy atom. The number of hydrogen-bond acceptors (Lipinski definition) is 6. The van der Waals surface area contributed by atoms with Crippen molar-refractivity contribution in [3.63, 3.8) is 0 Å². The van der Waals surface area contributed by atoms with Gasteiger partial charge in [-0.15, -0.1) is 0 Å². The summed E-state index contributed by atoms with van der Waals surface area (Å²) in [5.41, 5.74) is 0.445. The number of benzene rings is 1. The average molecular weight is 384 g/mol. The van der Waals surface area contributed by atoms with E-state index in [1.165, 1.54) is 6.42 Å². The van der Waals surface area contributed by atoms with Gasteiger partial charge in [0, 0.05) is 19.2 Å². The van der Waals surface area contributed by atoms with E-state index in [1.807, 2.05) is 29.2 Å². The highest BCUT2D eigenvalue weighted by Crippen LogP contribution is 2.19. The predicted molar refractivity (Wildman–Crippen MR) is 108 cm³/mol. The van der Waals surface area contributed by atoms with E-state index in [4.69, 9.17) is 9.47 Å². The average Bonchev–Trinajstić information content (AvgIpc) is 2.70. The van der Waals surface area contributed by atoms with Crippen LogP contribution in [0.25, 0.3) is 0 Å². The number of hydrogen-bond donors (Lipinski definition) is 1. The second kappa shape index (κ2) is 9.39. The van der Waals surface area contributed by atoms with Gasteiger partial charge in [0.25, 0.3) is 5.91 Å². The molecule has 1 amide bonds. The second-order valence-electron chi connectivity index (χ2n) is 7.13. The van der Waals surface area contributed by atoms with Crippen molar-refractivity contribution in [2.75, 3.05) is 38.7 Å². The third kappa shape index (κ3) is 5.34. The minimum absolute atomic E-state index is 0.0189. The first-order valence-electron chi connectivity index (χ1n) is 9.71. The van der Waals surface area contributed by atoms with Crippen LogP contribution in [-0.4, -0.2) is 54.1 Å². The molecule has 1 saturated heterocycles. The predicted octanol–water partition coefficient (Wildman–Crippen LogP) is 3.16. The molecule has 7 nitrogen and oxygen atoms in total. The number of rotatable bonds is 7. The monoisotopic (exact) mass is 384 g/mol. The van der Waals surface area contributed by atoms with E-state index in [0.29, 0.717) is 36.4 Å². The van der Waals surface area contributed by atoms with Crippen molar-refractivity contribution < 1.29 is 14.3 Å². The number of carbonyl (C=O) groups is 1. The Hall–Kier alpha value is -2.83. The maximum atomic E-state index is 12.8. The number of piperidine rings is 1. The van der Waals surface area contributed by atoms with Crippen LogP contribution in [-0.2, 0) is 0 Å². The molecule has 0 bridgehead atoms. The number of aryl methyl sites for hydroxylation is 1. The van der Waals surface area contributed by atoms with Crippen LogP contribution in [0, 0.1) is 12.8 Å². The first kappa shape index (κ1) is 19.9. The molecule has 1 aromatic carbocycles. The Balaban J connectivity index is 1.54. The summed E-state index contributed by atoms with van der Waals surface area (Å²) in [5, 5.41) is 3.21. The van der Waals surface area contributed by atoms with Crippen LogP contribution in [0.4, 0.5) is 5.82 Å². The fraction of sp³-hybridized carbons (Fsp3) is 0.476. The van der Waals surface area contributed by atoms with Crippen LogP contribution in [0.5, 0.6) is 11.5 Å². The zero-order chi connectivity index (χ0) is 19.9. The fourth-order valence-corrected chi connectivity index (χ4v) is 3.32. The number of carbonyl (C=O) groups excluding carboxylic acids is 1. The van der Waals surface area contributed by atoms with Crippen molar-refractivity contribution >= 4 is 11.7 Å². The lowest BCUT2D eigenvalue weighted by atomic mass is 10.00. The van der Waals surface area contributed by atoms with E-state index in [2.05, 4.69) is 22.2 Å². The van der Waals surface area contributed by atoms with E-state index in [1.54, 1.807) is 20.1 Å². The van der Waals surface area contributed by atoms with Crippen molar-refractivity contribution in [3.8, 4) is 11.5 Å². The lowest BCUT2D eigenvalue weighted by Crippen LogP contribution is -2.39.